The van der Waals surface area contributed by atoms with Gasteiger partial charge in [0.1, 0.15) is 5.60 Å². The summed E-state index contributed by atoms with van der Waals surface area (Å²) in [6.45, 7) is 10.5. The summed E-state index contributed by atoms with van der Waals surface area (Å²) in [6, 6.07) is 0.556. The first-order valence-corrected chi connectivity index (χ1v) is 8.66. The molecule has 2 fully saturated rings. The van der Waals surface area contributed by atoms with Gasteiger partial charge in [0.15, 0.2) is 0 Å². The van der Waals surface area contributed by atoms with E-state index >= 15 is 0 Å². The largest absolute Gasteiger partial charge is 0.444 e. The van der Waals surface area contributed by atoms with E-state index in [1.807, 2.05) is 25.7 Å². The van der Waals surface area contributed by atoms with Crippen molar-refractivity contribution in [2.24, 2.45) is 5.92 Å². The molecule has 1 N–H and O–H groups in total. The second kappa shape index (κ2) is 7.64. The third-order valence-electron chi connectivity index (χ3n) is 4.47. The van der Waals surface area contributed by atoms with Crippen LogP contribution in [-0.2, 0) is 9.47 Å². The van der Waals surface area contributed by atoms with Gasteiger partial charge in [-0.3, -0.25) is 4.90 Å². The molecule has 5 heteroatoms. The van der Waals surface area contributed by atoms with E-state index in [1.54, 1.807) is 0 Å². The molecule has 0 aromatic rings. The van der Waals surface area contributed by atoms with Gasteiger partial charge in [0.25, 0.3) is 0 Å². The monoisotopic (exact) mass is 312 g/mol. The van der Waals surface area contributed by atoms with Crippen LogP contribution in [0, 0.1) is 5.92 Å². The number of hydrogen-bond acceptors (Lipinski definition) is 4. The van der Waals surface area contributed by atoms with Crippen LogP contribution in [-0.4, -0.2) is 55.0 Å². The Balaban J connectivity index is 1.79. The quantitative estimate of drug-likeness (QED) is 0.848. The van der Waals surface area contributed by atoms with Crippen LogP contribution < -0.4 is 5.32 Å². The number of carbonyl (C=O) groups excluding carboxylic acids is 1. The third-order valence-corrected chi connectivity index (χ3v) is 4.47. The molecule has 0 spiro atoms. The molecular weight excluding hydrogens is 280 g/mol. The molecule has 2 rings (SSSR count). The van der Waals surface area contributed by atoms with Crippen LogP contribution in [0.25, 0.3) is 0 Å². The Morgan fingerprint density at radius 1 is 1.41 bits per heavy atom. The van der Waals surface area contributed by atoms with Crippen LogP contribution in [0.1, 0.15) is 53.4 Å². The van der Waals surface area contributed by atoms with Crippen LogP contribution >= 0.6 is 0 Å². The zero-order chi connectivity index (χ0) is 16.2. The minimum Gasteiger partial charge on any atom is -0.444 e. The number of rotatable bonds is 5. The number of nitrogens with zero attached hydrogens (tertiary/aromatic N) is 1. The smallest absolute Gasteiger partial charge is 0.410 e. The summed E-state index contributed by atoms with van der Waals surface area (Å²) in [4.78, 5) is 14.1. The molecule has 1 saturated heterocycles. The van der Waals surface area contributed by atoms with Gasteiger partial charge in [-0.2, -0.15) is 0 Å². The Kier molecular flexibility index (Phi) is 6.09. The van der Waals surface area contributed by atoms with Crippen molar-refractivity contribution in [1.82, 2.24) is 10.2 Å². The molecular formula is C17H32N2O3. The Hall–Kier alpha value is -0.810. The molecule has 1 saturated carbocycles. The number of amides is 1. The summed E-state index contributed by atoms with van der Waals surface area (Å²) in [7, 11) is 0. The fraction of sp³-hybridized carbons (Fsp3) is 0.941. The maximum atomic E-state index is 12.3. The van der Waals surface area contributed by atoms with Crippen molar-refractivity contribution in [3.8, 4) is 0 Å². The first-order valence-electron chi connectivity index (χ1n) is 8.66. The number of hydrogen-bond donors (Lipinski definition) is 1. The lowest BCUT2D eigenvalue weighted by Crippen LogP contribution is -2.55. The molecule has 2 aliphatic rings. The van der Waals surface area contributed by atoms with Crippen LogP contribution in [0.5, 0.6) is 0 Å². The number of carbonyl (C=O) groups is 1. The predicted octanol–water partition coefficient (Wildman–Crippen LogP) is 2.79. The van der Waals surface area contributed by atoms with E-state index in [0.717, 1.165) is 12.5 Å². The maximum absolute atomic E-state index is 12.3. The van der Waals surface area contributed by atoms with Gasteiger partial charge in [0.05, 0.1) is 19.3 Å². The van der Waals surface area contributed by atoms with Crippen molar-refractivity contribution in [3.63, 3.8) is 0 Å². The Morgan fingerprint density at radius 3 is 2.73 bits per heavy atom. The van der Waals surface area contributed by atoms with Crippen LogP contribution in [0.4, 0.5) is 4.79 Å². The second-order valence-electron chi connectivity index (χ2n) is 7.74. The fourth-order valence-corrected chi connectivity index (χ4v) is 3.03. The standard InChI is InChI=1S/C17H32N2O3/c1-13(10-14-6-5-7-14)18-11-15-12-21-9-8-19(15)16(20)22-17(2,3)4/h13-15,18H,5-12H2,1-4H3. The van der Waals surface area contributed by atoms with Crippen molar-refractivity contribution in [2.45, 2.75) is 71.1 Å². The van der Waals surface area contributed by atoms with Crippen molar-refractivity contribution < 1.29 is 14.3 Å². The molecule has 2 atom stereocenters. The average molecular weight is 312 g/mol. The van der Waals surface area contributed by atoms with E-state index in [1.165, 1.54) is 25.7 Å². The first kappa shape index (κ1) is 17.5. The first-order chi connectivity index (χ1) is 10.3. The lowest BCUT2D eigenvalue weighted by atomic mass is 9.81. The predicted molar refractivity (Wildman–Crippen MR) is 87.0 cm³/mol. The van der Waals surface area contributed by atoms with Crippen molar-refractivity contribution >= 4 is 6.09 Å². The zero-order valence-corrected chi connectivity index (χ0v) is 14.6. The van der Waals surface area contributed by atoms with Gasteiger partial charge in [-0.25, -0.2) is 4.79 Å². The molecule has 1 aliphatic carbocycles. The molecule has 1 amide bonds. The number of morpholine rings is 1. The number of ether oxygens (including phenoxy) is 2. The molecule has 128 valence electrons. The van der Waals surface area contributed by atoms with Crippen LogP contribution in [0.15, 0.2) is 0 Å². The summed E-state index contributed by atoms with van der Waals surface area (Å²) in [5.74, 6) is 0.895. The molecule has 0 aromatic heterocycles. The van der Waals surface area contributed by atoms with Gasteiger partial charge in [-0.15, -0.1) is 0 Å². The zero-order valence-electron chi connectivity index (χ0n) is 14.6. The highest BCUT2D eigenvalue weighted by molar-refractivity contribution is 5.68. The normalized spacial score (nSPS) is 24.7. The highest BCUT2D eigenvalue weighted by Gasteiger charge is 2.31. The van der Waals surface area contributed by atoms with Gasteiger partial charge < -0.3 is 14.8 Å². The topological polar surface area (TPSA) is 50.8 Å². The third kappa shape index (κ3) is 5.43. The van der Waals surface area contributed by atoms with Gasteiger partial charge >= 0.3 is 6.09 Å². The highest BCUT2D eigenvalue weighted by Crippen LogP contribution is 2.30. The summed E-state index contributed by atoms with van der Waals surface area (Å²) in [5.41, 5.74) is -0.453. The molecule has 1 heterocycles. The second-order valence-corrected chi connectivity index (χ2v) is 7.74. The van der Waals surface area contributed by atoms with Crippen LogP contribution in [0.3, 0.4) is 0 Å². The molecule has 0 bridgehead atoms. The van der Waals surface area contributed by atoms with E-state index < -0.39 is 5.60 Å². The van der Waals surface area contributed by atoms with E-state index in [0.29, 0.717) is 25.8 Å². The Bertz CT molecular complexity index is 363. The molecule has 22 heavy (non-hydrogen) atoms. The lowest BCUT2D eigenvalue weighted by molar-refractivity contribution is -0.0322. The molecule has 0 aromatic carbocycles. The van der Waals surface area contributed by atoms with Gasteiger partial charge in [0, 0.05) is 19.1 Å². The van der Waals surface area contributed by atoms with E-state index in [2.05, 4.69) is 12.2 Å². The summed E-state index contributed by atoms with van der Waals surface area (Å²) < 4.78 is 11.1. The highest BCUT2D eigenvalue weighted by atomic mass is 16.6. The van der Waals surface area contributed by atoms with Gasteiger partial charge in [-0.05, 0) is 40.0 Å². The Labute approximate surface area is 134 Å². The number of nitrogens with one attached hydrogen (secondary N) is 1. The van der Waals surface area contributed by atoms with Crippen molar-refractivity contribution in [3.05, 3.63) is 0 Å². The van der Waals surface area contributed by atoms with Gasteiger partial charge in [0.2, 0.25) is 0 Å². The maximum Gasteiger partial charge on any atom is 0.410 e. The minimum absolute atomic E-state index is 0.0624. The summed E-state index contributed by atoms with van der Waals surface area (Å²) >= 11 is 0. The summed E-state index contributed by atoms with van der Waals surface area (Å²) in [5, 5.41) is 3.57. The van der Waals surface area contributed by atoms with E-state index in [-0.39, 0.29) is 12.1 Å². The summed E-state index contributed by atoms with van der Waals surface area (Å²) in [6.07, 6.45) is 5.15. The fourth-order valence-electron chi connectivity index (χ4n) is 3.03. The van der Waals surface area contributed by atoms with E-state index in [9.17, 15) is 4.79 Å². The molecule has 5 nitrogen and oxygen atoms in total. The lowest BCUT2D eigenvalue weighted by Gasteiger charge is -2.37. The van der Waals surface area contributed by atoms with Crippen molar-refractivity contribution in [1.29, 1.82) is 0 Å². The Morgan fingerprint density at radius 2 is 2.14 bits per heavy atom. The van der Waals surface area contributed by atoms with Crippen molar-refractivity contribution in [2.75, 3.05) is 26.3 Å². The van der Waals surface area contributed by atoms with Gasteiger partial charge in [-0.1, -0.05) is 19.3 Å². The average Bonchev–Trinajstić information content (AvgIpc) is 2.39. The molecule has 1 aliphatic heterocycles. The SMILES string of the molecule is CC(CC1CCC1)NCC1COCCN1C(=O)OC(C)(C)C. The minimum atomic E-state index is -0.453. The van der Waals surface area contributed by atoms with Crippen LogP contribution in [0.2, 0.25) is 0 Å². The van der Waals surface area contributed by atoms with E-state index in [4.69, 9.17) is 9.47 Å². The molecule has 2 unspecified atom stereocenters. The molecule has 0 radical (unpaired) electrons.